The summed E-state index contributed by atoms with van der Waals surface area (Å²) < 4.78 is 35.0. The molecule has 0 spiro atoms. The second-order valence-corrected chi connectivity index (χ2v) is 10.1. The zero-order valence-corrected chi connectivity index (χ0v) is 22.6. The van der Waals surface area contributed by atoms with E-state index in [1.807, 2.05) is 0 Å². The van der Waals surface area contributed by atoms with Crippen LogP contribution in [0.5, 0.6) is 0 Å². The van der Waals surface area contributed by atoms with Crippen LogP contribution >= 0.6 is 11.6 Å². The average molecular weight is 567 g/mol. The summed E-state index contributed by atoms with van der Waals surface area (Å²) in [5.41, 5.74) is 1.12. The molecule has 1 atom stereocenters. The minimum absolute atomic E-state index is 0.125. The highest BCUT2D eigenvalue weighted by molar-refractivity contribution is 6.33. The number of rotatable bonds is 8. The SMILES string of the molecule is O=C(c1ccccc1Cl)N(CCN1CCOCC1)CC(=O)N1N=C(c2ccccc2F)CC1c1ccccc1F. The third-order valence-corrected chi connectivity index (χ3v) is 7.45. The summed E-state index contributed by atoms with van der Waals surface area (Å²) >= 11 is 6.33. The molecule has 1 fully saturated rings. The van der Waals surface area contributed by atoms with Crippen LogP contribution in [-0.4, -0.2) is 78.3 Å². The van der Waals surface area contributed by atoms with Crippen molar-refractivity contribution in [3.8, 4) is 0 Å². The van der Waals surface area contributed by atoms with E-state index in [4.69, 9.17) is 16.3 Å². The van der Waals surface area contributed by atoms with Crippen LogP contribution in [0.15, 0.2) is 77.9 Å². The fourth-order valence-corrected chi connectivity index (χ4v) is 5.18. The molecule has 2 aliphatic heterocycles. The summed E-state index contributed by atoms with van der Waals surface area (Å²) in [5.74, 6) is -1.88. The van der Waals surface area contributed by atoms with E-state index in [1.165, 1.54) is 22.0 Å². The number of ether oxygens (including phenoxy) is 1. The molecule has 2 aliphatic rings. The number of amides is 2. The number of hydrogen-bond donors (Lipinski definition) is 0. The fraction of sp³-hybridized carbons (Fsp3) is 0.300. The number of morpholine rings is 1. The van der Waals surface area contributed by atoms with E-state index in [2.05, 4.69) is 10.0 Å². The van der Waals surface area contributed by atoms with Gasteiger partial charge >= 0.3 is 0 Å². The van der Waals surface area contributed by atoms with Crippen LogP contribution in [0.2, 0.25) is 5.02 Å². The molecule has 3 aromatic carbocycles. The lowest BCUT2D eigenvalue weighted by molar-refractivity contribution is -0.133. The maximum absolute atomic E-state index is 14.9. The van der Waals surface area contributed by atoms with Crippen LogP contribution in [0, 0.1) is 11.6 Å². The molecule has 0 radical (unpaired) electrons. The lowest BCUT2D eigenvalue weighted by Gasteiger charge is -2.31. The van der Waals surface area contributed by atoms with Crippen molar-refractivity contribution in [1.29, 1.82) is 0 Å². The molecular formula is C30H29ClF2N4O3. The van der Waals surface area contributed by atoms with Crippen molar-refractivity contribution in [1.82, 2.24) is 14.8 Å². The quantitative estimate of drug-likeness (QED) is 0.394. The number of nitrogens with zero attached hydrogens (tertiary/aromatic N) is 4. The van der Waals surface area contributed by atoms with E-state index in [0.29, 0.717) is 25.5 Å². The van der Waals surface area contributed by atoms with Gasteiger partial charge in [-0.3, -0.25) is 14.5 Å². The third-order valence-electron chi connectivity index (χ3n) is 7.12. The van der Waals surface area contributed by atoms with Gasteiger partial charge in [0.2, 0.25) is 0 Å². The van der Waals surface area contributed by atoms with Gasteiger partial charge < -0.3 is 9.64 Å². The number of hydrazone groups is 1. The molecule has 5 rings (SSSR count). The lowest BCUT2D eigenvalue weighted by Crippen LogP contribution is -2.46. The van der Waals surface area contributed by atoms with Gasteiger partial charge in [0.25, 0.3) is 11.8 Å². The van der Waals surface area contributed by atoms with Gasteiger partial charge in [0.1, 0.15) is 18.2 Å². The first-order chi connectivity index (χ1) is 19.4. The van der Waals surface area contributed by atoms with Gasteiger partial charge in [-0.15, -0.1) is 0 Å². The molecule has 3 aromatic rings. The fourth-order valence-electron chi connectivity index (χ4n) is 4.97. The summed E-state index contributed by atoms with van der Waals surface area (Å²) in [7, 11) is 0. The monoisotopic (exact) mass is 566 g/mol. The van der Waals surface area contributed by atoms with Crippen LogP contribution in [0.3, 0.4) is 0 Å². The summed E-state index contributed by atoms with van der Waals surface area (Å²) in [5, 5.41) is 5.94. The number of halogens is 3. The molecule has 0 N–H and O–H groups in total. The molecule has 1 unspecified atom stereocenters. The van der Waals surface area contributed by atoms with E-state index in [0.717, 1.165) is 13.1 Å². The second kappa shape index (κ2) is 12.7. The predicted octanol–water partition coefficient (Wildman–Crippen LogP) is 4.77. The molecule has 0 aliphatic carbocycles. The average Bonchev–Trinajstić information content (AvgIpc) is 3.41. The van der Waals surface area contributed by atoms with Gasteiger partial charge in [-0.1, -0.05) is 60.1 Å². The van der Waals surface area contributed by atoms with Crippen molar-refractivity contribution in [2.75, 3.05) is 45.9 Å². The Kier molecular flexibility index (Phi) is 8.84. The third kappa shape index (κ3) is 6.22. The second-order valence-electron chi connectivity index (χ2n) is 9.67. The van der Waals surface area contributed by atoms with Crippen LogP contribution in [0.1, 0.15) is 33.9 Å². The largest absolute Gasteiger partial charge is 0.379 e. The van der Waals surface area contributed by atoms with Crippen molar-refractivity contribution in [2.24, 2.45) is 5.10 Å². The highest BCUT2D eigenvalue weighted by Crippen LogP contribution is 2.35. The van der Waals surface area contributed by atoms with Crippen molar-refractivity contribution < 1.29 is 23.1 Å². The molecule has 208 valence electrons. The zero-order valence-electron chi connectivity index (χ0n) is 21.8. The summed E-state index contributed by atoms with van der Waals surface area (Å²) in [6.07, 6.45) is 0.125. The highest BCUT2D eigenvalue weighted by atomic mass is 35.5. The molecule has 0 saturated carbocycles. The molecule has 0 aromatic heterocycles. The maximum Gasteiger partial charge on any atom is 0.262 e. The molecule has 1 saturated heterocycles. The van der Waals surface area contributed by atoms with Crippen molar-refractivity contribution in [3.05, 3.63) is 106 Å². The molecule has 10 heteroatoms. The summed E-state index contributed by atoms with van der Waals surface area (Å²) in [4.78, 5) is 31.0. The van der Waals surface area contributed by atoms with Crippen molar-refractivity contribution in [2.45, 2.75) is 12.5 Å². The van der Waals surface area contributed by atoms with Crippen molar-refractivity contribution >= 4 is 29.1 Å². The van der Waals surface area contributed by atoms with Gasteiger partial charge in [0.05, 0.1) is 35.6 Å². The molecule has 0 bridgehead atoms. The van der Waals surface area contributed by atoms with Gasteiger partial charge in [-0.05, 0) is 24.3 Å². The van der Waals surface area contributed by atoms with Gasteiger partial charge in [0, 0.05) is 43.7 Å². The number of carbonyl (C=O) groups is 2. The smallest absolute Gasteiger partial charge is 0.262 e. The Morgan fingerprint density at radius 1 is 0.950 bits per heavy atom. The minimum Gasteiger partial charge on any atom is -0.379 e. The van der Waals surface area contributed by atoms with Crippen LogP contribution < -0.4 is 0 Å². The standard InChI is InChI=1S/C30H29ClF2N4O3/c31-24-10-4-1-7-21(24)30(39)36(14-13-35-15-17-40-18-16-35)20-29(38)37-28(23-9-3-6-12-26(23)33)19-27(34-37)22-8-2-5-11-25(22)32/h1-12,28H,13-20H2. The zero-order chi connectivity index (χ0) is 28.1. The Hall–Kier alpha value is -3.66. The normalized spacial score (nSPS) is 17.5. The Bertz CT molecular complexity index is 1410. The van der Waals surface area contributed by atoms with Crippen molar-refractivity contribution in [3.63, 3.8) is 0 Å². The van der Waals surface area contributed by atoms with E-state index in [-0.39, 0.29) is 41.2 Å². The van der Waals surface area contributed by atoms with E-state index in [9.17, 15) is 18.4 Å². The molecule has 7 nitrogen and oxygen atoms in total. The molecule has 40 heavy (non-hydrogen) atoms. The Labute approximate surface area is 236 Å². The molecular weight excluding hydrogens is 538 g/mol. The first kappa shape index (κ1) is 27.9. The van der Waals surface area contributed by atoms with Crippen LogP contribution in [0.4, 0.5) is 8.78 Å². The maximum atomic E-state index is 14.9. The van der Waals surface area contributed by atoms with E-state index >= 15 is 0 Å². The Balaban J connectivity index is 1.44. The molecule has 2 heterocycles. The first-order valence-electron chi connectivity index (χ1n) is 13.1. The Morgan fingerprint density at radius 2 is 1.62 bits per heavy atom. The van der Waals surface area contributed by atoms with E-state index < -0.39 is 29.5 Å². The number of benzene rings is 3. The van der Waals surface area contributed by atoms with Gasteiger partial charge in [-0.2, -0.15) is 5.10 Å². The topological polar surface area (TPSA) is 65.5 Å². The van der Waals surface area contributed by atoms with E-state index in [1.54, 1.807) is 60.7 Å². The van der Waals surface area contributed by atoms with Crippen LogP contribution in [0.25, 0.3) is 0 Å². The Morgan fingerprint density at radius 3 is 2.35 bits per heavy atom. The lowest BCUT2D eigenvalue weighted by atomic mass is 9.97. The molecule has 2 amide bonds. The summed E-state index contributed by atoms with van der Waals surface area (Å²) in [6, 6.07) is 18.2. The predicted molar refractivity (Wildman–Crippen MR) is 148 cm³/mol. The number of hydrogen-bond acceptors (Lipinski definition) is 5. The first-order valence-corrected chi connectivity index (χ1v) is 13.5. The van der Waals surface area contributed by atoms with Crippen LogP contribution in [-0.2, 0) is 9.53 Å². The highest BCUT2D eigenvalue weighted by Gasteiger charge is 2.36. The van der Waals surface area contributed by atoms with Gasteiger partial charge in [0.15, 0.2) is 0 Å². The number of carbonyl (C=O) groups excluding carboxylic acids is 2. The minimum atomic E-state index is -0.792. The van der Waals surface area contributed by atoms with Gasteiger partial charge in [-0.25, -0.2) is 13.8 Å². The summed E-state index contributed by atoms with van der Waals surface area (Å²) in [6.45, 7) is 3.13.